The van der Waals surface area contributed by atoms with Crippen LogP contribution < -0.4 is 0 Å². The highest BCUT2D eigenvalue weighted by molar-refractivity contribution is 5.89. The molecule has 18 atom stereocenters. The highest BCUT2D eigenvalue weighted by Gasteiger charge is 2.90. The van der Waals surface area contributed by atoms with E-state index in [1.54, 1.807) is 67.6 Å². The van der Waals surface area contributed by atoms with Crippen molar-refractivity contribution in [3.05, 3.63) is 96.1 Å². The molecule has 4 saturated carbocycles. The lowest BCUT2D eigenvalue weighted by Gasteiger charge is -2.74. The molecule has 8 fully saturated rings. The van der Waals surface area contributed by atoms with Crippen LogP contribution in [0.4, 0.5) is 0 Å². The second kappa shape index (κ2) is 13.0. The van der Waals surface area contributed by atoms with Gasteiger partial charge in [0.05, 0.1) is 23.4 Å². The van der Waals surface area contributed by atoms with Crippen LogP contribution in [-0.2, 0) is 39.2 Å². The summed E-state index contributed by atoms with van der Waals surface area (Å²) in [5, 5.41) is 63.0. The van der Waals surface area contributed by atoms with Gasteiger partial charge in [0.1, 0.15) is 53.4 Å². The molecule has 0 aromatic heterocycles. The number of rotatable bonds is 4. The van der Waals surface area contributed by atoms with Crippen molar-refractivity contribution in [2.24, 2.45) is 35.5 Å². The van der Waals surface area contributed by atoms with Crippen molar-refractivity contribution in [2.75, 3.05) is 6.61 Å². The predicted molar refractivity (Wildman–Crippen MR) is 202 cm³/mol. The smallest absolute Gasteiger partial charge is 0.338 e. The maximum absolute atomic E-state index is 13.6. The fourth-order valence-electron chi connectivity index (χ4n) is 13.0. The van der Waals surface area contributed by atoms with Crippen LogP contribution in [0.2, 0.25) is 0 Å². The number of epoxide rings is 1. The van der Waals surface area contributed by atoms with Crippen molar-refractivity contribution in [3.63, 3.8) is 0 Å². The monoisotopic (exact) mass is 800 g/mol. The van der Waals surface area contributed by atoms with E-state index in [1.165, 1.54) is 12.2 Å². The number of fused-ring (bicyclic) bond motifs is 6. The predicted octanol–water partition coefficient (Wildman–Crippen LogP) is 3.06. The Morgan fingerprint density at radius 1 is 0.879 bits per heavy atom. The average molecular weight is 801 g/mol. The number of allylic oxidation sites excluding steroid dienone is 2. The fraction of sp³-hybridized carbons (Fsp3) is 0.600. The van der Waals surface area contributed by atoms with E-state index in [1.807, 2.05) is 19.1 Å². The van der Waals surface area contributed by atoms with E-state index >= 15 is 0 Å². The number of esters is 2. The van der Waals surface area contributed by atoms with Crippen LogP contribution in [-0.4, -0.2) is 109 Å². The van der Waals surface area contributed by atoms with Crippen molar-refractivity contribution in [2.45, 2.75) is 123 Å². The molecule has 2 aromatic carbocycles. The summed E-state index contributed by atoms with van der Waals surface area (Å²) < 4.78 is 39.4. The molecule has 58 heavy (non-hydrogen) atoms. The van der Waals surface area contributed by atoms with Gasteiger partial charge in [0.2, 0.25) is 0 Å². The molecule has 4 saturated heterocycles. The second-order valence-corrected chi connectivity index (χ2v) is 18.4. The number of carbonyl (C=O) groups is 2. The summed E-state index contributed by atoms with van der Waals surface area (Å²) in [5.41, 5.74) is -8.42. The maximum Gasteiger partial charge on any atom is 0.338 e. The quantitative estimate of drug-likeness (QED) is 0.224. The summed E-state index contributed by atoms with van der Waals surface area (Å²) >= 11 is 0. The molecule has 0 amide bonds. The van der Waals surface area contributed by atoms with Gasteiger partial charge < -0.3 is 54.0 Å². The number of hydrogen-bond donors (Lipinski definition) is 5. The van der Waals surface area contributed by atoms with Gasteiger partial charge >= 0.3 is 17.9 Å². The summed E-state index contributed by atoms with van der Waals surface area (Å²) in [6.45, 7) is 4.83. The number of aliphatic hydroxyl groups is 5. The second-order valence-electron chi connectivity index (χ2n) is 18.4. The van der Waals surface area contributed by atoms with E-state index in [0.717, 1.165) is 0 Å². The molecule has 6 heterocycles. The molecule has 310 valence electrons. The molecule has 5 N–H and O–H groups in total. The lowest BCUT2D eigenvalue weighted by molar-refractivity contribution is -0.595. The van der Waals surface area contributed by atoms with Crippen LogP contribution in [0.25, 0.3) is 0 Å². The Morgan fingerprint density at radius 2 is 1.59 bits per heavy atom. The van der Waals surface area contributed by atoms with Gasteiger partial charge in [-0.1, -0.05) is 74.5 Å². The first-order chi connectivity index (χ1) is 27.7. The Hall–Kier alpha value is -3.50. The van der Waals surface area contributed by atoms with Crippen molar-refractivity contribution in [1.82, 2.24) is 0 Å². The van der Waals surface area contributed by atoms with Crippen molar-refractivity contribution in [3.8, 4) is 0 Å². The molecule has 6 aliphatic heterocycles. The third-order valence-corrected chi connectivity index (χ3v) is 15.9. The zero-order chi connectivity index (χ0) is 40.6. The zero-order valence-electron chi connectivity index (χ0n) is 32.8. The number of carbonyl (C=O) groups excluding carboxylic acids is 2. The van der Waals surface area contributed by atoms with E-state index < -0.39 is 107 Å². The highest BCUT2D eigenvalue weighted by Crippen LogP contribution is 2.74. The molecular weight excluding hydrogens is 748 g/mol. The minimum atomic E-state index is -2.20. The first-order valence-corrected chi connectivity index (χ1v) is 20.7. The standard InChI is InChI=1S/C45H52O13/c1-24-27-18-19-29(24)30(53-38(48)26-12-6-4-7-13-26)16-10-11-17-33(47)54-32-21-20-31-42(32,51)39(49)41(23-46)36(55-41)34-37-44(52,40(3,50)22-27)35-25(2)43(31,34)58-45(56-35,57-37)28-14-8-5-9-15-28/h4-17,24-25,27,29-32,34-37,39,46,49-52H,18-23H2,1-3H3/b16-10-,17-11-/t24-,25+,27+,29-,30-,31+,32-,34-,35-,36-,37+,39+,40+,41-,42+,43-,44-,45-/m0/s1. The summed E-state index contributed by atoms with van der Waals surface area (Å²) in [7, 11) is 0. The molecule has 10 aliphatic rings. The van der Waals surface area contributed by atoms with Gasteiger partial charge in [-0.2, -0.15) is 0 Å². The van der Waals surface area contributed by atoms with Crippen LogP contribution in [0.3, 0.4) is 0 Å². The third kappa shape index (κ3) is 4.96. The van der Waals surface area contributed by atoms with Gasteiger partial charge in [0, 0.05) is 35.3 Å². The van der Waals surface area contributed by atoms with Crippen LogP contribution in [0.5, 0.6) is 0 Å². The Balaban J connectivity index is 1.12. The van der Waals surface area contributed by atoms with Gasteiger partial charge in [0.15, 0.2) is 0 Å². The van der Waals surface area contributed by atoms with Gasteiger partial charge in [-0.25, -0.2) is 9.59 Å². The molecule has 13 nitrogen and oxygen atoms in total. The zero-order valence-corrected chi connectivity index (χ0v) is 32.8. The Labute approximate surface area is 336 Å². The van der Waals surface area contributed by atoms with E-state index in [2.05, 4.69) is 6.92 Å². The molecule has 0 radical (unpaired) electrons. The van der Waals surface area contributed by atoms with Crippen LogP contribution in [0.15, 0.2) is 85.0 Å². The largest absolute Gasteiger partial charge is 0.456 e. The molecule has 11 bridgehead atoms. The summed E-state index contributed by atoms with van der Waals surface area (Å²) in [6.07, 6.45) is 0.831. The third-order valence-electron chi connectivity index (χ3n) is 15.9. The van der Waals surface area contributed by atoms with Gasteiger partial charge in [0.25, 0.3) is 0 Å². The first-order valence-electron chi connectivity index (χ1n) is 20.7. The van der Waals surface area contributed by atoms with Gasteiger partial charge in [-0.3, -0.25) is 0 Å². The minimum Gasteiger partial charge on any atom is -0.456 e. The molecule has 4 aliphatic carbocycles. The van der Waals surface area contributed by atoms with E-state index in [9.17, 15) is 35.1 Å². The lowest BCUT2D eigenvalue weighted by Crippen LogP contribution is -2.89. The van der Waals surface area contributed by atoms with Crippen LogP contribution >= 0.6 is 0 Å². The van der Waals surface area contributed by atoms with E-state index in [-0.39, 0.29) is 37.0 Å². The first kappa shape index (κ1) is 38.7. The van der Waals surface area contributed by atoms with Gasteiger partial charge in [-0.15, -0.1) is 0 Å². The van der Waals surface area contributed by atoms with E-state index in [4.69, 9.17) is 28.4 Å². The minimum absolute atomic E-state index is 0.0988. The molecule has 12 rings (SSSR count). The SMILES string of the molecule is C[C@H]1[C@@H]2CC[C@@H]1[C@@H](OC(=O)c1ccccc1)/C=C\C=C/C(=O)O[C@H]1CC[C@@H]3[C@]1(O)[C@H](O)[C@@]1(CO)O[C@H]1[C@H]1[C@H]4O[C@]5(c6ccccc6)O[C@@H]([C@@H](C)[C@@]13O5)[C@@]4(O)[C@](C)(O)C2. The number of benzene rings is 2. The van der Waals surface area contributed by atoms with Crippen LogP contribution in [0, 0.1) is 35.5 Å². The molecular formula is C45H52O13. The topological polar surface area (TPSA) is 194 Å². The molecule has 1 spiro atoms. The number of ether oxygens (including phenoxy) is 6. The Bertz CT molecular complexity index is 2020. The van der Waals surface area contributed by atoms with Crippen molar-refractivity contribution >= 4 is 11.9 Å². The summed E-state index contributed by atoms with van der Waals surface area (Å²) in [5.74, 6) is -6.19. The maximum atomic E-state index is 13.6. The number of hydrogen-bond acceptors (Lipinski definition) is 13. The lowest BCUT2D eigenvalue weighted by atomic mass is 9.49. The van der Waals surface area contributed by atoms with Crippen molar-refractivity contribution < 1.29 is 63.5 Å². The van der Waals surface area contributed by atoms with E-state index in [0.29, 0.717) is 24.0 Å². The molecule has 2 aromatic rings. The highest BCUT2D eigenvalue weighted by atomic mass is 16.9. The number of aliphatic hydroxyl groups excluding tert-OH is 2. The normalized spacial score (nSPS) is 52.2. The Morgan fingerprint density at radius 3 is 2.31 bits per heavy atom. The van der Waals surface area contributed by atoms with Crippen molar-refractivity contribution in [1.29, 1.82) is 0 Å². The fourth-order valence-corrected chi connectivity index (χ4v) is 13.0. The average Bonchev–Trinajstić information content (AvgIpc) is 3.73. The molecule has 0 unspecified atom stereocenters. The van der Waals surface area contributed by atoms with Gasteiger partial charge in [-0.05, 0) is 69.1 Å². The molecule has 13 heteroatoms. The van der Waals surface area contributed by atoms with Crippen LogP contribution in [0.1, 0.15) is 68.8 Å². The summed E-state index contributed by atoms with van der Waals surface area (Å²) in [6, 6.07) is 17.7. The Kier molecular flexibility index (Phi) is 8.67. The summed E-state index contributed by atoms with van der Waals surface area (Å²) in [4.78, 5) is 27.0.